The van der Waals surface area contributed by atoms with Crippen molar-refractivity contribution in [1.29, 1.82) is 0 Å². The molecule has 0 saturated carbocycles. The zero-order valence-corrected chi connectivity index (χ0v) is 9.69. The van der Waals surface area contributed by atoms with E-state index in [9.17, 15) is 4.79 Å². The number of hydrogen-bond donors (Lipinski definition) is 2. The van der Waals surface area contributed by atoms with Crippen LogP contribution in [0, 0.1) is 0 Å². The van der Waals surface area contributed by atoms with Gasteiger partial charge in [-0.3, -0.25) is 4.79 Å². The first kappa shape index (κ1) is 12.5. The third-order valence-electron chi connectivity index (χ3n) is 2.27. The van der Waals surface area contributed by atoms with Gasteiger partial charge in [-0.1, -0.05) is 12.1 Å². The predicted molar refractivity (Wildman–Crippen MR) is 63.4 cm³/mol. The van der Waals surface area contributed by atoms with Gasteiger partial charge in [0.25, 0.3) is 0 Å². The van der Waals surface area contributed by atoms with Crippen LogP contribution in [0.25, 0.3) is 0 Å². The van der Waals surface area contributed by atoms with E-state index in [2.05, 4.69) is 5.32 Å². The largest absolute Gasteiger partial charge is 0.494 e. The third-order valence-corrected chi connectivity index (χ3v) is 2.27. The molecule has 1 rings (SSSR count). The Bertz CT molecular complexity index is 335. The molecule has 88 valence electrons. The van der Waals surface area contributed by atoms with Gasteiger partial charge in [0.1, 0.15) is 5.75 Å². The summed E-state index contributed by atoms with van der Waals surface area (Å²) in [6.45, 7) is 2.59. The van der Waals surface area contributed by atoms with E-state index in [1.807, 2.05) is 31.2 Å². The van der Waals surface area contributed by atoms with Crippen molar-refractivity contribution in [2.45, 2.75) is 19.4 Å². The third kappa shape index (κ3) is 3.55. The van der Waals surface area contributed by atoms with Gasteiger partial charge in [-0.15, -0.1) is 0 Å². The molecule has 0 spiro atoms. The molecule has 1 unspecified atom stereocenters. The molecule has 0 radical (unpaired) electrons. The first-order chi connectivity index (χ1) is 7.67. The van der Waals surface area contributed by atoms with E-state index >= 15 is 0 Å². The fourth-order valence-corrected chi connectivity index (χ4v) is 1.42. The first-order valence-electron chi connectivity index (χ1n) is 5.36. The number of hydrogen-bond acceptors (Lipinski definition) is 3. The Labute approximate surface area is 95.8 Å². The number of nitrogens with two attached hydrogens (primary N) is 1. The smallest absolute Gasteiger partial charge is 0.237 e. The summed E-state index contributed by atoms with van der Waals surface area (Å²) in [6.07, 6.45) is 0.534. The number of carbonyl (C=O) groups excluding carboxylic acids is 1. The van der Waals surface area contributed by atoms with Crippen LogP contribution in [0.1, 0.15) is 12.5 Å². The second kappa shape index (κ2) is 6.12. The normalized spacial score (nSPS) is 11.9. The van der Waals surface area contributed by atoms with E-state index in [-0.39, 0.29) is 5.91 Å². The Balaban J connectivity index is 2.58. The number of benzene rings is 1. The molecule has 1 atom stereocenters. The topological polar surface area (TPSA) is 64.3 Å². The predicted octanol–water partition coefficient (Wildman–Crippen LogP) is 0.701. The van der Waals surface area contributed by atoms with E-state index in [4.69, 9.17) is 10.5 Å². The maximum atomic E-state index is 11.2. The van der Waals surface area contributed by atoms with E-state index in [0.29, 0.717) is 13.0 Å². The standard InChI is InChI=1S/C12H18N2O2/c1-3-16-10-6-4-9(5-7-10)8-11(13)12(15)14-2/h4-7,11H,3,8,13H2,1-2H3,(H,14,15). The number of nitrogens with one attached hydrogen (secondary N) is 1. The minimum Gasteiger partial charge on any atom is -0.494 e. The molecule has 4 nitrogen and oxygen atoms in total. The van der Waals surface area contributed by atoms with Crippen LogP contribution < -0.4 is 15.8 Å². The number of likely N-dealkylation sites (N-methyl/N-ethyl adjacent to an activating group) is 1. The Morgan fingerprint density at radius 2 is 2.06 bits per heavy atom. The van der Waals surface area contributed by atoms with Crippen LogP contribution in [0.15, 0.2) is 24.3 Å². The summed E-state index contributed by atoms with van der Waals surface area (Å²) in [6, 6.07) is 7.12. The average molecular weight is 222 g/mol. The molecule has 0 bridgehead atoms. The fraction of sp³-hybridized carbons (Fsp3) is 0.417. The van der Waals surface area contributed by atoms with Crippen molar-refractivity contribution in [2.75, 3.05) is 13.7 Å². The van der Waals surface area contributed by atoms with Crippen LogP contribution in [0.3, 0.4) is 0 Å². The Hall–Kier alpha value is -1.55. The Morgan fingerprint density at radius 3 is 2.56 bits per heavy atom. The highest BCUT2D eigenvalue weighted by atomic mass is 16.5. The van der Waals surface area contributed by atoms with E-state index in [1.165, 1.54) is 0 Å². The zero-order chi connectivity index (χ0) is 12.0. The molecule has 0 fully saturated rings. The van der Waals surface area contributed by atoms with Crippen LogP contribution in [-0.2, 0) is 11.2 Å². The van der Waals surface area contributed by atoms with Gasteiger partial charge in [0, 0.05) is 7.05 Å². The summed E-state index contributed by atoms with van der Waals surface area (Å²) < 4.78 is 5.32. The maximum Gasteiger partial charge on any atom is 0.237 e. The number of carbonyl (C=O) groups is 1. The minimum atomic E-state index is -0.497. The van der Waals surface area contributed by atoms with E-state index in [1.54, 1.807) is 7.05 Å². The second-order valence-electron chi connectivity index (χ2n) is 3.50. The highest BCUT2D eigenvalue weighted by Gasteiger charge is 2.11. The van der Waals surface area contributed by atoms with Gasteiger partial charge >= 0.3 is 0 Å². The number of amides is 1. The summed E-state index contributed by atoms with van der Waals surface area (Å²) in [5.41, 5.74) is 6.74. The number of ether oxygens (including phenoxy) is 1. The molecule has 0 aliphatic heterocycles. The summed E-state index contributed by atoms with van der Waals surface area (Å²) in [5, 5.41) is 2.53. The molecule has 16 heavy (non-hydrogen) atoms. The molecule has 1 aromatic rings. The zero-order valence-electron chi connectivity index (χ0n) is 9.69. The van der Waals surface area contributed by atoms with E-state index < -0.39 is 6.04 Å². The van der Waals surface area contributed by atoms with Crippen molar-refractivity contribution < 1.29 is 9.53 Å². The lowest BCUT2D eigenvalue weighted by molar-refractivity contribution is -0.121. The van der Waals surface area contributed by atoms with Crippen molar-refractivity contribution in [2.24, 2.45) is 5.73 Å². The molecule has 1 amide bonds. The van der Waals surface area contributed by atoms with Crippen molar-refractivity contribution in [3.63, 3.8) is 0 Å². The lowest BCUT2D eigenvalue weighted by Crippen LogP contribution is -2.40. The summed E-state index contributed by atoms with van der Waals surface area (Å²) in [4.78, 5) is 11.2. The molecular weight excluding hydrogens is 204 g/mol. The van der Waals surface area contributed by atoms with Gasteiger partial charge in [0.05, 0.1) is 12.6 Å². The number of rotatable bonds is 5. The van der Waals surface area contributed by atoms with Gasteiger partial charge in [-0.25, -0.2) is 0 Å². The lowest BCUT2D eigenvalue weighted by Gasteiger charge is -2.10. The molecule has 0 aliphatic rings. The molecule has 0 aliphatic carbocycles. The molecule has 3 N–H and O–H groups in total. The second-order valence-corrected chi connectivity index (χ2v) is 3.50. The molecular formula is C12H18N2O2. The SMILES string of the molecule is CCOc1ccc(CC(N)C(=O)NC)cc1. The van der Waals surface area contributed by atoms with Gasteiger partial charge in [-0.2, -0.15) is 0 Å². The highest BCUT2D eigenvalue weighted by Crippen LogP contribution is 2.12. The lowest BCUT2D eigenvalue weighted by atomic mass is 10.1. The van der Waals surface area contributed by atoms with Crippen LogP contribution in [0.2, 0.25) is 0 Å². The Kier molecular flexibility index (Phi) is 4.79. The van der Waals surface area contributed by atoms with Gasteiger partial charge in [0.2, 0.25) is 5.91 Å². The molecule has 0 heterocycles. The van der Waals surface area contributed by atoms with Gasteiger partial charge < -0.3 is 15.8 Å². The summed E-state index contributed by atoms with van der Waals surface area (Å²) >= 11 is 0. The average Bonchev–Trinajstić information content (AvgIpc) is 2.31. The fourth-order valence-electron chi connectivity index (χ4n) is 1.42. The maximum absolute atomic E-state index is 11.2. The molecule has 4 heteroatoms. The van der Waals surface area contributed by atoms with Crippen molar-refractivity contribution in [3.05, 3.63) is 29.8 Å². The van der Waals surface area contributed by atoms with Crippen molar-refractivity contribution >= 4 is 5.91 Å². The summed E-state index contributed by atoms with van der Waals surface area (Å²) in [5.74, 6) is 0.689. The highest BCUT2D eigenvalue weighted by molar-refractivity contribution is 5.81. The van der Waals surface area contributed by atoms with Crippen molar-refractivity contribution in [3.8, 4) is 5.75 Å². The van der Waals surface area contributed by atoms with Crippen LogP contribution >= 0.6 is 0 Å². The van der Waals surface area contributed by atoms with Crippen LogP contribution in [0.5, 0.6) is 5.75 Å². The van der Waals surface area contributed by atoms with Gasteiger partial charge in [-0.05, 0) is 31.0 Å². The molecule has 0 aromatic heterocycles. The van der Waals surface area contributed by atoms with Crippen LogP contribution in [-0.4, -0.2) is 25.6 Å². The summed E-state index contributed by atoms with van der Waals surface area (Å²) in [7, 11) is 1.58. The van der Waals surface area contributed by atoms with Crippen molar-refractivity contribution in [1.82, 2.24) is 5.32 Å². The molecule has 1 aromatic carbocycles. The van der Waals surface area contributed by atoms with Crippen LogP contribution in [0.4, 0.5) is 0 Å². The Morgan fingerprint density at radius 1 is 1.44 bits per heavy atom. The minimum absolute atomic E-state index is 0.145. The van der Waals surface area contributed by atoms with E-state index in [0.717, 1.165) is 11.3 Å². The van der Waals surface area contributed by atoms with Gasteiger partial charge in [0.15, 0.2) is 0 Å². The first-order valence-corrected chi connectivity index (χ1v) is 5.36. The quantitative estimate of drug-likeness (QED) is 0.771. The monoisotopic (exact) mass is 222 g/mol. The molecule has 0 saturated heterocycles.